The third kappa shape index (κ3) is 6.28. The largest absolute Gasteiger partial charge is 0.322 e. The summed E-state index contributed by atoms with van der Waals surface area (Å²) in [5, 5.41) is 5.76. The molecule has 0 spiro atoms. The fraction of sp³-hybridized carbons (Fsp3) is 0.300. The molecule has 138 valence electrons. The lowest BCUT2D eigenvalue weighted by atomic mass is 10.1. The first-order valence-corrected chi connectivity index (χ1v) is 9.42. The Morgan fingerprint density at radius 2 is 1.62 bits per heavy atom. The molecule has 0 bridgehead atoms. The topological polar surface area (TPSA) is 62.6 Å². The van der Waals surface area contributed by atoms with Crippen LogP contribution in [-0.2, 0) is 16.0 Å². The maximum absolute atomic E-state index is 12.2. The molecule has 2 aromatic rings. The summed E-state index contributed by atoms with van der Waals surface area (Å²) in [5.41, 5.74) is 3.77. The van der Waals surface area contributed by atoms with Gasteiger partial charge in [0.1, 0.15) is 0 Å². The van der Waals surface area contributed by atoms with Crippen molar-refractivity contribution in [3.63, 3.8) is 0 Å². The van der Waals surface area contributed by atoms with Gasteiger partial charge in [-0.15, -0.1) is 0 Å². The number of rotatable bonds is 7. The molecule has 0 saturated carbocycles. The number of hydrogen-bond donors (Lipinski definition) is 3. The lowest BCUT2D eigenvalue weighted by molar-refractivity contribution is -0.862. The zero-order valence-electron chi connectivity index (χ0n) is 15.4. The Balaban J connectivity index is 1.81. The Labute approximate surface area is 162 Å². The van der Waals surface area contributed by atoms with Crippen LogP contribution in [0, 0.1) is 6.92 Å². The average molecular weight is 419 g/mol. The Morgan fingerprint density at radius 1 is 1.00 bits per heavy atom. The summed E-state index contributed by atoms with van der Waals surface area (Å²) in [6, 6.07) is 13.5. The molecule has 5 nitrogen and oxygen atoms in total. The van der Waals surface area contributed by atoms with Gasteiger partial charge in [0.25, 0.3) is 11.8 Å². The standard InChI is InChI=1S/C20H24BrN3O2/c1-4-15-5-8-17(9-6-15)22-19(25)12-24(3)13-20(26)23-18-10-7-16(21)11-14(18)2/h5-11H,4,12-13H2,1-3H3,(H,22,25)(H,23,26)/p+1. The number of aryl methyl sites for hydroxylation is 2. The van der Waals surface area contributed by atoms with Crippen molar-refractivity contribution in [3.05, 3.63) is 58.1 Å². The van der Waals surface area contributed by atoms with Gasteiger partial charge in [-0.05, 0) is 54.8 Å². The molecule has 0 radical (unpaired) electrons. The highest BCUT2D eigenvalue weighted by molar-refractivity contribution is 9.10. The van der Waals surface area contributed by atoms with Crippen LogP contribution in [0.5, 0.6) is 0 Å². The smallest absolute Gasteiger partial charge is 0.279 e. The van der Waals surface area contributed by atoms with E-state index in [1.54, 1.807) is 0 Å². The molecule has 6 heteroatoms. The van der Waals surface area contributed by atoms with E-state index < -0.39 is 0 Å². The number of halogens is 1. The van der Waals surface area contributed by atoms with Crippen LogP contribution in [0.25, 0.3) is 0 Å². The maximum atomic E-state index is 12.2. The Hall–Kier alpha value is -2.18. The molecule has 2 amide bonds. The van der Waals surface area contributed by atoms with Crippen LogP contribution in [0.15, 0.2) is 46.9 Å². The summed E-state index contributed by atoms with van der Waals surface area (Å²) in [6.45, 7) is 4.47. The molecule has 2 rings (SSSR count). The van der Waals surface area contributed by atoms with E-state index in [9.17, 15) is 9.59 Å². The summed E-state index contributed by atoms with van der Waals surface area (Å²) < 4.78 is 0.972. The van der Waals surface area contributed by atoms with Crippen molar-refractivity contribution in [2.75, 3.05) is 30.8 Å². The highest BCUT2D eigenvalue weighted by Gasteiger charge is 2.15. The molecular formula is C20H25BrN3O2+. The van der Waals surface area contributed by atoms with Gasteiger partial charge in [-0.25, -0.2) is 0 Å². The van der Waals surface area contributed by atoms with E-state index in [0.29, 0.717) is 0 Å². The van der Waals surface area contributed by atoms with Crippen LogP contribution >= 0.6 is 15.9 Å². The molecule has 0 fully saturated rings. The molecule has 0 aliphatic rings. The predicted octanol–water partition coefficient (Wildman–Crippen LogP) is 2.41. The summed E-state index contributed by atoms with van der Waals surface area (Å²) in [5.74, 6) is -0.229. The molecule has 0 aliphatic carbocycles. The van der Waals surface area contributed by atoms with E-state index >= 15 is 0 Å². The first-order chi connectivity index (χ1) is 12.4. The van der Waals surface area contributed by atoms with Gasteiger partial charge in [0.05, 0.1) is 7.05 Å². The molecule has 0 aromatic heterocycles. The van der Waals surface area contributed by atoms with Crippen molar-refractivity contribution in [2.24, 2.45) is 0 Å². The van der Waals surface area contributed by atoms with Crippen LogP contribution in [-0.4, -0.2) is 32.0 Å². The number of anilines is 2. The number of benzene rings is 2. The third-order valence-electron chi connectivity index (χ3n) is 4.03. The van der Waals surface area contributed by atoms with Crippen molar-refractivity contribution < 1.29 is 14.5 Å². The Kier molecular flexibility index (Phi) is 7.36. The van der Waals surface area contributed by atoms with Gasteiger partial charge in [-0.3, -0.25) is 9.59 Å². The highest BCUT2D eigenvalue weighted by atomic mass is 79.9. The van der Waals surface area contributed by atoms with Crippen LogP contribution in [0.3, 0.4) is 0 Å². The number of hydrogen-bond acceptors (Lipinski definition) is 2. The molecule has 26 heavy (non-hydrogen) atoms. The van der Waals surface area contributed by atoms with Crippen molar-refractivity contribution in [1.82, 2.24) is 0 Å². The minimum Gasteiger partial charge on any atom is -0.322 e. The molecule has 0 heterocycles. The second kappa shape index (κ2) is 9.50. The molecular weight excluding hydrogens is 394 g/mol. The number of nitrogens with one attached hydrogen (secondary N) is 3. The van der Waals surface area contributed by atoms with Crippen molar-refractivity contribution >= 4 is 39.1 Å². The minimum absolute atomic E-state index is 0.112. The first kappa shape index (κ1) is 20.1. The van der Waals surface area contributed by atoms with E-state index in [1.807, 2.05) is 56.4 Å². The van der Waals surface area contributed by atoms with Gasteiger partial charge >= 0.3 is 0 Å². The lowest BCUT2D eigenvalue weighted by Crippen LogP contribution is -3.11. The predicted molar refractivity (Wildman–Crippen MR) is 109 cm³/mol. The maximum Gasteiger partial charge on any atom is 0.279 e. The Morgan fingerprint density at radius 3 is 2.19 bits per heavy atom. The van der Waals surface area contributed by atoms with Crippen LogP contribution in [0.4, 0.5) is 11.4 Å². The van der Waals surface area contributed by atoms with E-state index in [1.165, 1.54) is 5.56 Å². The SMILES string of the molecule is CCc1ccc(NC(=O)C[NH+](C)CC(=O)Nc2ccc(Br)cc2C)cc1. The number of amides is 2. The van der Waals surface area contributed by atoms with E-state index in [0.717, 1.165) is 32.7 Å². The number of likely N-dealkylation sites (N-methyl/N-ethyl adjacent to an activating group) is 1. The van der Waals surface area contributed by atoms with Crippen molar-refractivity contribution in [1.29, 1.82) is 0 Å². The van der Waals surface area contributed by atoms with E-state index in [4.69, 9.17) is 0 Å². The zero-order chi connectivity index (χ0) is 19.1. The summed E-state index contributed by atoms with van der Waals surface area (Å²) >= 11 is 3.40. The Bertz CT molecular complexity index is 775. The molecule has 2 aromatic carbocycles. The summed E-state index contributed by atoms with van der Waals surface area (Å²) in [7, 11) is 1.83. The average Bonchev–Trinajstić information content (AvgIpc) is 2.57. The van der Waals surface area contributed by atoms with E-state index in [2.05, 4.69) is 33.5 Å². The summed E-state index contributed by atoms with van der Waals surface area (Å²) in [4.78, 5) is 25.2. The van der Waals surface area contributed by atoms with Gasteiger partial charge in [-0.2, -0.15) is 0 Å². The zero-order valence-corrected chi connectivity index (χ0v) is 16.9. The van der Waals surface area contributed by atoms with Crippen LogP contribution in [0.1, 0.15) is 18.1 Å². The van der Waals surface area contributed by atoms with Gasteiger partial charge in [0, 0.05) is 15.8 Å². The molecule has 0 saturated heterocycles. The van der Waals surface area contributed by atoms with Gasteiger partial charge in [-0.1, -0.05) is 35.0 Å². The quantitative estimate of drug-likeness (QED) is 0.646. The monoisotopic (exact) mass is 418 g/mol. The lowest BCUT2D eigenvalue weighted by Gasteiger charge is -2.14. The number of carbonyl (C=O) groups excluding carboxylic acids is 2. The first-order valence-electron chi connectivity index (χ1n) is 8.63. The number of carbonyl (C=O) groups is 2. The van der Waals surface area contributed by atoms with Gasteiger partial charge in [0.2, 0.25) is 0 Å². The van der Waals surface area contributed by atoms with Crippen molar-refractivity contribution in [3.8, 4) is 0 Å². The molecule has 3 N–H and O–H groups in total. The van der Waals surface area contributed by atoms with Crippen LogP contribution < -0.4 is 15.5 Å². The van der Waals surface area contributed by atoms with E-state index in [-0.39, 0.29) is 24.9 Å². The second-order valence-electron chi connectivity index (χ2n) is 6.42. The molecule has 0 aliphatic heterocycles. The number of quaternary nitrogens is 1. The van der Waals surface area contributed by atoms with Crippen molar-refractivity contribution in [2.45, 2.75) is 20.3 Å². The fourth-order valence-electron chi connectivity index (χ4n) is 2.60. The normalized spacial score (nSPS) is 11.7. The highest BCUT2D eigenvalue weighted by Crippen LogP contribution is 2.19. The molecule has 1 unspecified atom stereocenters. The third-order valence-corrected chi connectivity index (χ3v) is 4.53. The van der Waals surface area contributed by atoms with Gasteiger partial charge in [0.15, 0.2) is 13.1 Å². The minimum atomic E-state index is -0.118. The summed E-state index contributed by atoms with van der Waals surface area (Å²) in [6.07, 6.45) is 0.966. The second-order valence-corrected chi connectivity index (χ2v) is 7.33. The van der Waals surface area contributed by atoms with Crippen LogP contribution in [0.2, 0.25) is 0 Å². The molecule has 1 atom stereocenters. The van der Waals surface area contributed by atoms with Gasteiger partial charge < -0.3 is 15.5 Å². The fourth-order valence-corrected chi connectivity index (χ4v) is 3.08.